The summed E-state index contributed by atoms with van der Waals surface area (Å²) >= 11 is -2.20. The average Bonchev–Trinajstić information content (AvgIpc) is 2.37. The molecular weight excluding hydrogens is 232 g/mol. The molecule has 0 aliphatic rings. The third kappa shape index (κ3) is 1.64. The fourth-order valence-corrected chi connectivity index (χ4v) is 2.70. The van der Waals surface area contributed by atoms with Crippen LogP contribution >= 0.6 is 0 Å². The summed E-state index contributed by atoms with van der Waals surface area (Å²) in [6.45, 7) is 0. The van der Waals surface area contributed by atoms with Crippen molar-refractivity contribution in [3.63, 3.8) is 0 Å². The maximum atomic E-state index is 11.2. The predicted molar refractivity (Wildman–Crippen MR) is 68.6 cm³/mol. The number of benzene rings is 3. The summed E-state index contributed by atoms with van der Waals surface area (Å²) in [5, 5.41) is 3.95. The fraction of sp³-hybridized carbons (Fsp3) is 0. The lowest BCUT2D eigenvalue weighted by Crippen LogP contribution is -1.90. The van der Waals surface area contributed by atoms with Gasteiger partial charge in [-0.2, -0.15) is 0 Å². The second-order valence-corrected chi connectivity index (χ2v) is 4.78. The average molecular weight is 241 g/mol. The lowest BCUT2D eigenvalue weighted by Gasteiger charge is -2.10. The van der Waals surface area contributed by atoms with Crippen LogP contribution in [-0.2, 0) is 11.1 Å². The van der Waals surface area contributed by atoms with Gasteiger partial charge in [-0.25, -0.2) is 0 Å². The third-order valence-electron chi connectivity index (χ3n) is 2.93. The molecule has 0 N–H and O–H groups in total. The van der Waals surface area contributed by atoms with Gasteiger partial charge in [-0.1, -0.05) is 48.5 Å². The van der Waals surface area contributed by atoms with Crippen LogP contribution in [0.4, 0.5) is 0 Å². The van der Waals surface area contributed by atoms with E-state index in [9.17, 15) is 8.76 Å². The second-order valence-electron chi connectivity index (χ2n) is 3.87. The molecule has 0 fully saturated rings. The molecule has 3 aromatic carbocycles. The molecule has 3 aromatic rings. The normalized spacial score (nSPS) is 13.0. The van der Waals surface area contributed by atoms with Crippen LogP contribution in [0.5, 0.6) is 0 Å². The van der Waals surface area contributed by atoms with E-state index in [2.05, 4.69) is 0 Å². The van der Waals surface area contributed by atoms with E-state index in [1.54, 1.807) is 12.1 Å². The lowest BCUT2D eigenvalue weighted by atomic mass is 10.0. The predicted octanol–water partition coefficient (Wildman–Crippen LogP) is 3.23. The SMILES string of the molecule is O=S([O-])c1cccc2c1ccc1ccccc12. The van der Waals surface area contributed by atoms with E-state index in [0.717, 1.165) is 21.5 Å². The topological polar surface area (TPSA) is 40.1 Å². The Kier molecular flexibility index (Phi) is 2.42. The summed E-state index contributed by atoms with van der Waals surface area (Å²) in [4.78, 5) is 0.355. The molecule has 0 aliphatic heterocycles. The van der Waals surface area contributed by atoms with Gasteiger partial charge >= 0.3 is 0 Å². The largest absolute Gasteiger partial charge is 0.768 e. The molecule has 84 valence electrons. The van der Waals surface area contributed by atoms with Crippen molar-refractivity contribution in [2.75, 3.05) is 0 Å². The van der Waals surface area contributed by atoms with Crippen molar-refractivity contribution in [3.8, 4) is 0 Å². The summed E-state index contributed by atoms with van der Waals surface area (Å²) < 4.78 is 22.3. The zero-order valence-corrected chi connectivity index (χ0v) is 9.74. The fourth-order valence-electron chi connectivity index (χ4n) is 2.16. The summed E-state index contributed by atoms with van der Waals surface area (Å²) in [6.07, 6.45) is 0. The van der Waals surface area contributed by atoms with E-state index >= 15 is 0 Å². The van der Waals surface area contributed by atoms with Gasteiger partial charge in [0.15, 0.2) is 0 Å². The minimum absolute atomic E-state index is 0.355. The van der Waals surface area contributed by atoms with E-state index in [1.807, 2.05) is 42.5 Å². The van der Waals surface area contributed by atoms with Gasteiger partial charge in [0.2, 0.25) is 0 Å². The Bertz CT molecular complexity index is 734. The van der Waals surface area contributed by atoms with Crippen LogP contribution in [0.3, 0.4) is 0 Å². The number of fused-ring (bicyclic) bond motifs is 3. The highest BCUT2D eigenvalue weighted by Crippen LogP contribution is 2.28. The van der Waals surface area contributed by atoms with Crippen LogP contribution in [0, 0.1) is 0 Å². The quantitative estimate of drug-likeness (QED) is 0.484. The Hall–Kier alpha value is -1.71. The molecule has 1 atom stereocenters. The number of rotatable bonds is 1. The summed E-state index contributed by atoms with van der Waals surface area (Å²) in [5.41, 5.74) is 0. The molecule has 1 unspecified atom stereocenters. The third-order valence-corrected chi connectivity index (χ3v) is 3.64. The zero-order valence-electron chi connectivity index (χ0n) is 8.92. The maximum absolute atomic E-state index is 11.2. The molecule has 0 saturated heterocycles. The standard InChI is InChI=1S/C14H10O2S/c15-17(16)14-7-3-6-12-11-5-2-1-4-10(11)8-9-13(12)14/h1-9H,(H,15,16)/p-1. The van der Waals surface area contributed by atoms with Crippen LogP contribution in [0.25, 0.3) is 21.5 Å². The second kappa shape index (κ2) is 3.95. The van der Waals surface area contributed by atoms with Gasteiger partial charge in [0.1, 0.15) is 0 Å². The van der Waals surface area contributed by atoms with Crippen molar-refractivity contribution in [2.24, 2.45) is 0 Å². The molecule has 0 bridgehead atoms. The molecule has 17 heavy (non-hydrogen) atoms. The molecule has 0 amide bonds. The van der Waals surface area contributed by atoms with E-state index in [-0.39, 0.29) is 0 Å². The minimum atomic E-state index is -2.20. The summed E-state index contributed by atoms with van der Waals surface area (Å²) in [7, 11) is 0. The zero-order chi connectivity index (χ0) is 11.8. The van der Waals surface area contributed by atoms with E-state index in [4.69, 9.17) is 0 Å². The van der Waals surface area contributed by atoms with Crippen LogP contribution in [0.2, 0.25) is 0 Å². The van der Waals surface area contributed by atoms with Gasteiger partial charge in [0, 0.05) is 4.90 Å². The number of hydrogen-bond acceptors (Lipinski definition) is 2. The highest BCUT2D eigenvalue weighted by molar-refractivity contribution is 7.79. The van der Waals surface area contributed by atoms with E-state index in [1.165, 1.54) is 0 Å². The first-order valence-electron chi connectivity index (χ1n) is 5.27. The highest BCUT2D eigenvalue weighted by Gasteiger charge is 2.04. The molecule has 2 nitrogen and oxygen atoms in total. The smallest absolute Gasteiger partial charge is 0.0327 e. The molecular formula is C14H9O2S-. The van der Waals surface area contributed by atoms with Gasteiger partial charge < -0.3 is 4.55 Å². The summed E-state index contributed by atoms with van der Waals surface area (Å²) in [6, 6.07) is 17.1. The van der Waals surface area contributed by atoms with E-state index in [0.29, 0.717) is 4.90 Å². The van der Waals surface area contributed by atoms with E-state index < -0.39 is 11.1 Å². The first-order chi connectivity index (χ1) is 8.27. The molecule has 0 spiro atoms. The van der Waals surface area contributed by atoms with Crippen molar-refractivity contribution in [2.45, 2.75) is 4.90 Å². The Labute approximate surface area is 101 Å². The monoisotopic (exact) mass is 241 g/mol. The van der Waals surface area contributed by atoms with Crippen LogP contribution < -0.4 is 0 Å². The Morgan fingerprint density at radius 2 is 1.53 bits per heavy atom. The van der Waals surface area contributed by atoms with Gasteiger partial charge in [-0.05, 0) is 38.7 Å². The van der Waals surface area contributed by atoms with Crippen LogP contribution in [-0.4, -0.2) is 8.76 Å². The van der Waals surface area contributed by atoms with Gasteiger partial charge in [-0.3, -0.25) is 4.21 Å². The highest BCUT2D eigenvalue weighted by atomic mass is 32.2. The molecule has 0 aliphatic carbocycles. The van der Waals surface area contributed by atoms with Crippen molar-refractivity contribution < 1.29 is 8.76 Å². The lowest BCUT2D eigenvalue weighted by molar-refractivity contribution is 0.538. The van der Waals surface area contributed by atoms with Gasteiger partial charge in [0.25, 0.3) is 0 Å². The molecule has 3 rings (SSSR count). The van der Waals surface area contributed by atoms with Gasteiger partial charge in [0.05, 0.1) is 0 Å². The molecule has 0 radical (unpaired) electrons. The Morgan fingerprint density at radius 3 is 2.35 bits per heavy atom. The van der Waals surface area contributed by atoms with Crippen LogP contribution in [0.15, 0.2) is 59.5 Å². The Balaban J connectivity index is 2.52. The van der Waals surface area contributed by atoms with Crippen LogP contribution in [0.1, 0.15) is 0 Å². The summed E-state index contributed by atoms with van der Waals surface area (Å²) in [5.74, 6) is 0. The van der Waals surface area contributed by atoms with Crippen molar-refractivity contribution in [1.82, 2.24) is 0 Å². The molecule has 3 heteroatoms. The first kappa shape index (κ1) is 10.4. The molecule has 0 aromatic heterocycles. The van der Waals surface area contributed by atoms with Crippen molar-refractivity contribution in [3.05, 3.63) is 54.6 Å². The first-order valence-corrected chi connectivity index (χ1v) is 6.34. The van der Waals surface area contributed by atoms with Crippen molar-refractivity contribution >= 4 is 32.6 Å². The maximum Gasteiger partial charge on any atom is 0.0327 e. The Morgan fingerprint density at radius 1 is 0.765 bits per heavy atom. The molecule has 0 heterocycles. The molecule has 0 saturated carbocycles. The van der Waals surface area contributed by atoms with Crippen molar-refractivity contribution in [1.29, 1.82) is 0 Å². The van der Waals surface area contributed by atoms with Gasteiger partial charge in [-0.15, -0.1) is 0 Å². The number of hydrogen-bond donors (Lipinski definition) is 0. The minimum Gasteiger partial charge on any atom is -0.768 e.